The van der Waals surface area contributed by atoms with E-state index in [-0.39, 0.29) is 18.9 Å². The summed E-state index contributed by atoms with van der Waals surface area (Å²) in [5.41, 5.74) is -1.04. The molecule has 112 valence electrons. The molecule has 0 aliphatic heterocycles. The molecule has 21 heavy (non-hydrogen) atoms. The van der Waals surface area contributed by atoms with Gasteiger partial charge in [-0.2, -0.15) is 0 Å². The Morgan fingerprint density at radius 2 is 2.05 bits per heavy atom. The molecule has 5 heteroatoms. The standard InChI is InChI=1S/C16H19NO3S/c1-16(19,14-8-5-11-21-14)12-17-15(18)9-10-20-13-6-3-2-4-7-13/h2-8,11,19H,9-10,12H2,1H3,(H,17,18). The molecule has 4 nitrogen and oxygen atoms in total. The van der Waals surface area contributed by atoms with Crippen LogP contribution in [0.4, 0.5) is 0 Å². The first kappa shape index (κ1) is 15.5. The van der Waals surface area contributed by atoms with Crippen molar-refractivity contribution in [1.82, 2.24) is 5.32 Å². The fraction of sp³-hybridized carbons (Fsp3) is 0.312. The third kappa shape index (κ3) is 4.88. The van der Waals surface area contributed by atoms with Crippen molar-refractivity contribution in [2.24, 2.45) is 0 Å². The van der Waals surface area contributed by atoms with E-state index < -0.39 is 5.60 Å². The number of aliphatic hydroxyl groups is 1. The Morgan fingerprint density at radius 1 is 1.29 bits per heavy atom. The van der Waals surface area contributed by atoms with Crippen LogP contribution in [-0.4, -0.2) is 24.2 Å². The fourth-order valence-corrected chi connectivity index (χ4v) is 2.60. The number of carbonyl (C=O) groups is 1. The molecule has 0 saturated heterocycles. The van der Waals surface area contributed by atoms with Crippen molar-refractivity contribution in [3.8, 4) is 5.75 Å². The van der Waals surface area contributed by atoms with Gasteiger partial charge in [0.25, 0.3) is 0 Å². The van der Waals surface area contributed by atoms with Crippen molar-refractivity contribution in [3.63, 3.8) is 0 Å². The molecule has 2 rings (SSSR count). The molecule has 1 amide bonds. The van der Waals surface area contributed by atoms with Crippen LogP contribution in [0.2, 0.25) is 0 Å². The third-order valence-electron chi connectivity index (χ3n) is 3.02. The molecular formula is C16H19NO3S. The summed E-state index contributed by atoms with van der Waals surface area (Å²) in [6, 6.07) is 13.1. The van der Waals surface area contributed by atoms with E-state index in [1.54, 1.807) is 6.92 Å². The van der Waals surface area contributed by atoms with Crippen molar-refractivity contribution >= 4 is 17.2 Å². The van der Waals surface area contributed by atoms with Gasteiger partial charge in [0.15, 0.2) is 0 Å². The fourth-order valence-electron chi connectivity index (χ4n) is 1.81. The summed E-state index contributed by atoms with van der Waals surface area (Å²) in [6.07, 6.45) is 0.259. The van der Waals surface area contributed by atoms with Crippen molar-refractivity contribution < 1.29 is 14.6 Å². The molecule has 1 atom stereocenters. The predicted molar refractivity (Wildman–Crippen MR) is 83.5 cm³/mol. The molecular weight excluding hydrogens is 286 g/mol. The molecule has 0 fully saturated rings. The molecule has 2 aromatic rings. The maximum absolute atomic E-state index is 11.8. The summed E-state index contributed by atoms with van der Waals surface area (Å²) in [6.45, 7) is 2.20. The van der Waals surface area contributed by atoms with Crippen LogP contribution >= 0.6 is 11.3 Å². The second-order valence-electron chi connectivity index (χ2n) is 4.94. The minimum absolute atomic E-state index is 0.136. The summed E-state index contributed by atoms with van der Waals surface area (Å²) >= 11 is 1.47. The van der Waals surface area contributed by atoms with Gasteiger partial charge in [-0.25, -0.2) is 0 Å². The molecule has 1 aromatic heterocycles. The highest BCUT2D eigenvalue weighted by Gasteiger charge is 2.24. The normalized spacial score (nSPS) is 13.4. The average molecular weight is 305 g/mol. The first-order chi connectivity index (χ1) is 10.1. The van der Waals surface area contributed by atoms with Crippen LogP contribution in [0.3, 0.4) is 0 Å². The Bertz CT molecular complexity index is 552. The van der Waals surface area contributed by atoms with Crippen molar-refractivity contribution in [2.45, 2.75) is 18.9 Å². The van der Waals surface area contributed by atoms with Crippen molar-refractivity contribution in [3.05, 3.63) is 52.7 Å². The highest BCUT2D eigenvalue weighted by molar-refractivity contribution is 7.10. The Hall–Kier alpha value is -1.85. The minimum atomic E-state index is -1.04. The van der Waals surface area contributed by atoms with Gasteiger partial charge in [0.1, 0.15) is 11.4 Å². The van der Waals surface area contributed by atoms with Gasteiger partial charge < -0.3 is 15.2 Å². The maximum atomic E-state index is 11.8. The predicted octanol–water partition coefficient (Wildman–Crippen LogP) is 2.54. The van der Waals surface area contributed by atoms with Gasteiger partial charge in [-0.1, -0.05) is 24.3 Å². The lowest BCUT2D eigenvalue weighted by molar-refractivity contribution is -0.122. The summed E-state index contributed by atoms with van der Waals surface area (Å²) in [5.74, 6) is 0.610. The zero-order chi connectivity index (χ0) is 15.1. The quantitative estimate of drug-likeness (QED) is 0.826. The van der Waals surface area contributed by atoms with Gasteiger partial charge in [0.2, 0.25) is 5.91 Å². The van der Waals surface area contributed by atoms with Crippen LogP contribution < -0.4 is 10.1 Å². The molecule has 1 aromatic carbocycles. The number of amides is 1. The lowest BCUT2D eigenvalue weighted by atomic mass is 10.1. The average Bonchev–Trinajstić information content (AvgIpc) is 3.01. The van der Waals surface area contributed by atoms with E-state index in [0.717, 1.165) is 10.6 Å². The van der Waals surface area contributed by atoms with Crippen LogP contribution in [-0.2, 0) is 10.4 Å². The van der Waals surface area contributed by atoms with Gasteiger partial charge in [0.05, 0.1) is 19.6 Å². The summed E-state index contributed by atoms with van der Waals surface area (Å²) in [5, 5.41) is 14.9. The van der Waals surface area contributed by atoms with E-state index in [9.17, 15) is 9.90 Å². The Kier molecular flexibility index (Phi) is 5.36. The number of carbonyl (C=O) groups excluding carboxylic acids is 1. The number of rotatable bonds is 7. The first-order valence-electron chi connectivity index (χ1n) is 6.79. The van der Waals surface area contributed by atoms with Gasteiger partial charge >= 0.3 is 0 Å². The third-order valence-corrected chi connectivity index (χ3v) is 4.15. The molecule has 1 unspecified atom stereocenters. The zero-order valence-electron chi connectivity index (χ0n) is 11.9. The van der Waals surface area contributed by atoms with Crippen LogP contribution in [0.15, 0.2) is 47.8 Å². The minimum Gasteiger partial charge on any atom is -0.493 e. The number of benzene rings is 1. The van der Waals surface area contributed by atoms with E-state index in [4.69, 9.17) is 4.74 Å². The zero-order valence-corrected chi connectivity index (χ0v) is 12.7. The number of nitrogens with one attached hydrogen (secondary N) is 1. The van der Waals surface area contributed by atoms with Gasteiger partial charge in [0, 0.05) is 4.88 Å². The molecule has 0 saturated carbocycles. The summed E-state index contributed by atoms with van der Waals surface area (Å²) in [7, 11) is 0. The molecule has 0 bridgehead atoms. The second-order valence-corrected chi connectivity index (χ2v) is 5.89. The van der Waals surface area contributed by atoms with E-state index in [2.05, 4.69) is 5.32 Å². The number of ether oxygens (including phenoxy) is 1. The molecule has 0 radical (unpaired) electrons. The SMILES string of the molecule is CC(O)(CNC(=O)CCOc1ccccc1)c1cccs1. The van der Waals surface area contributed by atoms with Gasteiger partial charge in [-0.05, 0) is 30.5 Å². The number of hydrogen-bond acceptors (Lipinski definition) is 4. The van der Waals surface area contributed by atoms with E-state index in [1.807, 2.05) is 47.8 Å². The summed E-state index contributed by atoms with van der Waals surface area (Å²) in [4.78, 5) is 12.6. The van der Waals surface area contributed by atoms with Crippen LogP contribution in [0.5, 0.6) is 5.75 Å². The van der Waals surface area contributed by atoms with Gasteiger partial charge in [-0.3, -0.25) is 4.79 Å². The van der Waals surface area contributed by atoms with E-state index in [1.165, 1.54) is 11.3 Å². The smallest absolute Gasteiger partial charge is 0.223 e. The molecule has 0 aliphatic rings. The Labute approximate surface area is 128 Å². The van der Waals surface area contributed by atoms with E-state index >= 15 is 0 Å². The van der Waals surface area contributed by atoms with Crippen LogP contribution in [0.1, 0.15) is 18.2 Å². The lowest BCUT2D eigenvalue weighted by Crippen LogP contribution is -2.38. The molecule has 2 N–H and O–H groups in total. The molecule has 0 spiro atoms. The van der Waals surface area contributed by atoms with Gasteiger partial charge in [-0.15, -0.1) is 11.3 Å². The van der Waals surface area contributed by atoms with Crippen LogP contribution in [0, 0.1) is 0 Å². The lowest BCUT2D eigenvalue weighted by Gasteiger charge is -2.22. The molecule has 1 heterocycles. The maximum Gasteiger partial charge on any atom is 0.223 e. The Morgan fingerprint density at radius 3 is 2.71 bits per heavy atom. The number of thiophene rings is 1. The monoisotopic (exact) mass is 305 g/mol. The highest BCUT2D eigenvalue weighted by Crippen LogP contribution is 2.24. The van der Waals surface area contributed by atoms with Crippen LogP contribution in [0.25, 0.3) is 0 Å². The Balaban J connectivity index is 1.70. The van der Waals surface area contributed by atoms with Crippen molar-refractivity contribution in [2.75, 3.05) is 13.2 Å². The van der Waals surface area contributed by atoms with E-state index in [0.29, 0.717) is 6.61 Å². The highest BCUT2D eigenvalue weighted by atomic mass is 32.1. The van der Waals surface area contributed by atoms with Crippen molar-refractivity contribution in [1.29, 1.82) is 0 Å². The topological polar surface area (TPSA) is 58.6 Å². The molecule has 0 aliphatic carbocycles. The first-order valence-corrected chi connectivity index (χ1v) is 7.67. The number of hydrogen-bond donors (Lipinski definition) is 2. The second kappa shape index (κ2) is 7.24. The largest absolute Gasteiger partial charge is 0.493 e. The number of para-hydroxylation sites is 1. The summed E-state index contributed by atoms with van der Waals surface area (Å²) < 4.78 is 5.46.